The van der Waals surface area contributed by atoms with Gasteiger partial charge in [-0.05, 0) is 24.0 Å². The van der Waals surface area contributed by atoms with Gasteiger partial charge in [-0.1, -0.05) is 13.8 Å². The Kier molecular flexibility index (Phi) is 5.92. The summed E-state index contributed by atoms with van der Waals surface area (Å²) in [4.78, 5) is 26.6. The van der Waals surface area contributed by atoms with Crippen LogP contribution in [0.2, 0.25) is 0 Å². The number of hydrogen-bond donors (Lipinski definition) is 3. The third-order valence-corrected chi connectivity index (χ3v) is 6.58. The maximum absolute atomic E-state index is 15.8. The molecule has 3 aromatic rings. The zero-order valence-corrected chi connectivity index (χ0v) is 19.4. The quantitative estimate of drug-likeness (QED) is 0.480. The van der Waals surface area contributed by atoms with Crippen molar-refractivity contribution >= 4 is 28.2 Å². The van der Waals surface area contributed by atoms with Crippen molar-refractivity contribution in [2.45, 2.75) is 26.3 Å². The second kappa shape index (κ2) is 8.49. The van der Waals surface area contributed by atoms with Crippen LogP contribution in [-0.2, 0) is 0 Å². The summed E-state index contributed by atoms with van der Waals surface area (Å²) in [5, 5.41) is 9.10. The summed E-state index contributed by atoms with van der Waals surface area (Å²) in [6.45, 7) is 4.54. The van der Waals surface area contributed by atoms with E-state index < -0.39 is 50.9 Å². The summed E-state index contributed by atoms with van der Waals surface area (Å²) < 4.78 is 50.8. The van der Waals surface area contributed by atoms with Crippen molar-refractivity contribution in [1.82, 2.24) is 4.57 Å². The molecule has 0 amide bonds. The average molecular weight is 490 g/mol. The minimum absolute atomic E-state index is 0.0591. The molecule has 0 aliphatic carbocycles. The lowest BCUT2D eigenvalue weighted by Gasteiger charge is -2.44. The minimum Gasteiger partial charge on any atom is -0.492 e. The van der Waals surface area contributed by atoms with Gasteiger partial charge in [0.25, 0.3) is 0 Å². The fraction of sp³-hybridized carbons (Fsp3) is 0.333. The first-order chi connectivity index (χ1) is 16.4. The van der Waals surface area contributed by atoms with E-state index >= 15 is 4.39 Å². The van der Waals surface area contributed by atoms with Crippen molar-refractivity contribution in [2.24, 2.45) is 11.1 Å². The molecule has 1 atom stereocenters. The van der Waals surface area contributed by atoms with E-state index in [2.05, 4.69) is 0 Å². The zero-order chi connectivity index (χ0) is 25.8. The van der Waals surface area contributed by atoms with Crippen molar-refractivity contribution in [3.8, 4) is 11.4 Å². The van der Waals surface area contributed by atoms with Crippen LogP contribution < -0.4 is 26.5 Å². The number of piperidine rings is 1. The number of nitrogens with two attached hydrogens (primary N) is 2. The third-order valence-electron chi connectivity index (χ3n) is 6.58. The topological polar surface area (TPSA) is 124 Å². The normalized spacial score (nSPS) is 17.6. The van der Waals surface area contributed by atoms with Gasteiger partial charge in [0, 0.05) is 31.4 Å². The number of carboxylic acid groups (broad SMARTS) is 1. The second-order valence-electron chi connectivity index (χ2n) is 9.28. The van der Waals surface area contributed by atoms with E-state index in [-0.39, 0.29) is 28.7 Å². The minimum atomic E-state index is -1.62. The van der Waals surface area contributed by atoms with E-state index in [9.17, 15) is 23.5 Å². The van der Waals surface area contributed by atoms with E-state index in [1.165, 1.54) is 7.11 Å². The first-order valence-corrected chi connectivity index (χ1v) is 10.8. The van der Waals surface area contributed by atoms with Gasteiger partial charge in [0.05, 0.1) is 23.9 Å². The van der Waals surface area contributed by atoms with Gasteiger partial charge >= 0.3 is 5.97 Å². The molecule has 1 saturated heterocycles. The van der Waals surface area contributed by atoms with E-state index in [4.69, 9.17) is 16.2 Å². The fourth-order valence-corrected chi connectivity index (χ4v) is 4.60. The van der Waals surface area contributed by atoms with Crippen LogP contribution >= 0.6 is 0 Å². The number of methoxy groups -OCH3 is 1. The van der Waals surface area contributed by atoms with Gasteiger partial charge in [0.1, 0.15) is 28.4 Å². The van der Waals surface area contributed by atoms with Crippen LogP contribution in [-0.4, -0.2) is 41.9 Å². The highest BCUT2D eigenvalue weighted by molar-refractivity contribution is 6.04. The van der Waals surface area contributed by atoms with Crippen molar-refractivity contribution in [1.29, 1.82) is 0 Å². The summed E-state index contributed by atoms with van der Waals surface area (Å²) in [5.41, 5.74) is 8.98. The van der Waals surface area contributed by atoms with E-state index in [1.807, 2.05) is 13.8 Å². The van der Waals surface area contributed by atoms with Crippen molar-refractivity contribution in [2.75, 3.05) is 30.8 Å². The Hall–Kier alpha value is -3.73. The highest BCUT2D eigenvalue weighted by Crippen LogP contribution is 2.45. The van der Waals surface area contributed by atoms with Crippen molar-refractivity contribution < 1.29 is 27.8 Å². The molecular formula is C24H25F3N4O4. The van der Waals surface area contributed by atoms with Crippen LogP contribution in [0.25, 0.3) is 16.6 Å². The number of halogens is 3. The first-order valence-electron chi connectivity index (χ1n) is 10.8. The molecule has 5 N–H and O–H groups in total. The van der Waals surface area contributed by atoms with Gasteiger partial charge in [0.2, 0.25) is 5.43 Å². The largest absolute Gasteiger partial charge is 0.492 e. The Morgan fingerprint density at radius 1 is 1.26 bits per heavy atom. The SMILES string of the molecule is COc1c(N2CCC(N)C(C)(C)C2)c(F)c(N)c2c(=O)c(C(=O)O)cn(-c3ccc(F)cc3F)c12. The number of hydrogen-bond acceptors (Lipinski definition) is 6. The molecule has 1 aromatic heterocycles. The van der Waals surface area contributed by atoms with E-state index in [1.54, 1.807) is 4.90 Å². The monoisotopic (exact) mass is 490 g/mol. The molecule has 186 valence electrons. The van der Waals surface area contributed by atoms with Crippen molar-refractivity contribution in [3.63, 3.8) is 0 Å². The highest BCUT2D eigenvalue weighted by atomic mass is 19.1. The van der Waals surface area contributed by atoms with Gasteiger partial charge in [0.15, 0.2) is 11.6 Å². The maximum Gasteiger partial charge on any atom is 0.341 e. The Labute approximate surface area is 198 Å². The lowest BCUT2D eigenvalue weighted by atomic mass is 9.79. The summed E-state index contributed by atoms with van der Waals surface area (Å²) >= 11 is 0. The molecule has 4 rings (SSSR count). The van der Waals surface area contributed by atoms with Crippen LogP contribution in [0.4, 0.5) is 24.5 Å². The molecule has 2 heterocycles. The second-order valence-corrected chi connectivity index (χ2v) is 9.28. The van der Waals surface area contributed by atoms with Crippen molar-refractivity contribution in [3.05, 3.63) is 57.6 Å². The number of nitrogen functional groups attached to an aromatic ring is 1. The molecule has 35 heavy (non-hydrogen) atoms. The van der Waals surface area contributed by atoms with Crippen LogP contribution in [0, 0.1) is 22.9 Å². The molecule has 8 nitrogen and oxygen atoms in total. The van der Waals surface area contributed by atoms with Gasteiger partial charge in [-0.3, -0.25) is 4.79 Å². The summed E-state index contributed by atoms with van der Waals surface area (Å²) in [5.74, 6) is -4.63. The van der Waals surface area contributed by atoms with Crippen LogP contribution in [0.15, 0.2) is 29.2 Å². The molecule has 0 spiro atoms. The molecular weight excluding hydrogens is 465 g/mol. The molecule has 1 unspecified atom stereocenters. The number of carbonyl (C=O) groups is 1. The number of benzene rings is 2. The maximum atomic E-state index is 15.8. The number of carboxylic acids is 1. The lowest BCUT2D eigenvalue weighted by molar-refractivity contribution is 0.0695. The van der Waals surface area contributed by atoms with E-state index in [0.29, 0.717) is 25.6 Å². The Morgan fingerprint density at radius 2 is 1.94 bits per heavy atom. The number of nitrogens with zero attached hydrogens (tertiary/aromatic N) is 2. The number of ether oxygens (including phenoxy) is 1. The lowest BCUT2D eigenvalue weighted by Crippen LogP contribution is -2.52. The average Bonchev–Trinajstić information content (AvgIpc) is 2.78. The molecule has 1 fully saturated rings. The molecule has 0 radical (unpaired) electrons. The predicted octanol–water partition coefficient (Wildman–Crippen LogP) is 3.26. The number of rotatable bonds is 4. The van der Waals surface area contributed by atoms with Crippen LogP contribution in [0.3, 0.4) is 0 Å². The Morgan fingerprint density at radius 3 is 2.51 bits per heavy atom. The van der Waals surface area contributed by atoms with Gasteiger partial charge in [-0.25, -0.2) is 18.0 Å². The number of fused-ring (bicyclic) bond motifs is 1. The zero-order valence-electron chi connectivity index (χ0n) is 19.4. The third kappa shape index (κ3) is 3.85. The Bertz CT molecular complexity index is 1420. The number of pyridine rings is 1. The number of aromatic carboxylic acids is 1. The number of aromatic nitrogens is 1. The van der Waals surface area contributed by atoms with Gasteiger partial charge < -0.3 is 30.8 Å². The van der Waals surface area contributed by atoms with Gasteiger partial charge in [-0.15, -0.1) is 0 Å². The predicted molar refractivity (Wildman–Crippen MR) is 126 cm³/mol. The van der Waals surface area contributed by atoms with Crippen LogP contribution in [0.5, 0.6) is 5.75 Å². The molecule has 1 aliphatic rings. The standard InChI is InChI=1S/C24H25F3N4O4/c1-24(2)10-30(7-6-15(24)28)20-17(27)18(29)16-19(22(20)35-3)31(9-12(21(16)32)23(33)34)14-5-4-11(25)8-13(14)26/h4-5,8-9,15H,6-7,10,28-29H2,1-3H3,(H,33,34). The first kappa shape index (κ1) is 24.4. The molecule has 11 heteroatoms. The fourth-order valence-electron chi connectivity index (χ4n) is 4.60. The highest BCUT2D eigenvalue weighted by Gasteiger charge is 2.37. The summed E-state index contributed by atoms with van der Waals surface area (Å²) in [6.07, 6.45) is 1.42. The molecule has 1 aliphatic heterocycles. The summed E-state index contributed by atoms with van der Waals surface area (Å²) in [6, 6.07) is 2.50. The summed E-state index contributed by atoms with van der Waals surface area (Å²) in [7, 11) is 1.25. The smallest absolute Gasteiger partial charge is 0.341 e. The van der Waals surface area contributed by atoms with Crippen LogP contribution in [0.1, 0.15) is 30.6 Å². The molecule has 0 bridgehead atoms. The van der Waals surface area contributed by atoms with E-state index in [0.717, 1.165) is 22.9 Å². The molecule has 2 aromatic carbocycles. The molecule has 0 saturated carbocycles. The number of anilines is 2. The Balaban J connectivity index is 2.16. The van der Waals surface area contributed by atoms with Gasteiger partial charge in [-0.2, -0.15) is 0 Å².